The lowest BCUT2D eigenvalue weighted by atomic mass is 9.67. The molecule has 1 aromatic rings. The molecule has 0 bridgehead atoms. The van der Waals surface area contributed by atoms with E-state index in [0.717, 1.165) is 18.4 Å². The fourth-order valence-corrected chi connectivity index (χ4v) is 2.49. The molecule has 0 aliphatic heterocycles. The summed E-state index contributed by atoms with van der Waals surface area (Å²) in [6.07, 6.45) is 3.67. The lowest BCUT2D eigenvalue weighted by Gasteiger charge is -2.40. The van der Waals surface area contributed by atoms with E-state index >= 15 is 0 Å². The van der Waals surface area contributed by atoms with E-state index < -0.39 is 0 Å². The summed E-state index contributed by atoms with van der Waals surface area (Å²) in [5, 5.41) is 0.654. The molecule has 0 saturated heterocycles. The molecule has 2 rings (SSSR count). The van der Waals surface area contributed by atoms with Crippen molar-refractivity contribution in [2.45, 2.75) is 32.3 Å². The number of hydrogen-bond acceptors (Lipinski definition) is 3. The SMILES string of the molecule is NCC1(CC(=O)OCc2cccc(Cl)c2)CCC1. The van der Waals surface area contributed by atoms with Crippen molar-refractivity contribution in [2.24, 2.45) is 11.1 Å². The maximum Gasteiger partial charge on any atom is 0.306 e. The van der Waals surface area contributed by atoms with Crippen molar-refractivity contribution in [3.05, 3.63) is 34.9 Å². The Labute approximate surface area is 112 Å². The van der Waals surface area contributed by atoms with Gasteiger partial charge in [0.05, 0.1) is 6.42 Å². The molecule has 0 unspecified atom stereocenters. The van der Waals surface area contributed by atoms with Crippen molar-refractivity contribution in [2.75, 3.05) is 6.54 Å². The Hall–Kier alpha value is -1.06. The Bertz CT molecular complexity index is 424. The van der Waals surface area contributed by atoms with Gasteiger partial charge in [0.25, 0.3) is 0 Å². The first kappa shape index (κ1) is 13.4. The molecule has 3 nitrogen and oxygen atoms in total. The smallest absolute Gasteiger partial charge is 0.306 e. The van der Waals surface area contributed by atoms with Crippen molar-refractivity contribution < 1.29 is 9.53 Å². The molecule has 1 saturated carbocycles. The van der Waals surface area contributed by atoms with Crippen molar-refractivity contribution in [1.29, 1.82) is 0 Å². The molecule has 1 aliphatic carbocycles. The third kappa shape index (κ3) is 3.24. The molecule has 0 aromatic heterocycles. The van der Waals surface area contributed by atoms with Gasteiger partial charge >= 0.3 is 5.97 Å². The lowest BCUT2D eigenvalue weighted by Crippen LogP contribution is -2.39. The summed E-state index contributed by atoms with van der Waals surface area (Å²) in [7, 11) is 0. The zero-order valence-electron chi connectivity index (χ0n) is 10.3. The van der Waals surface area contributed by atoms with E-state index in [-0.39, 0.29) is 18.0 Å². The molecule has 0 heterocycles. The zero-order chi connectivity index (χ0) is 13.0. The monoisotopic (exact) mass is 267 g/mol. The second-order valence-corrected chi connectivity index (χ2v) is 5.46. The van der Waals surface area contributed by atoms with Crippen LogP contribution in [0.5, 0.6) is 0 Å². The molecule has 18 heavy (non-hydrogen) atoms. The van der Waals surface area contributed by atoms with Crippen molar-refractivity contribution in [3.8, 4) is 0 Å². The summed E-state index contributed by atoms with van der Waals surface area (Å²) in [4.78, 5) is 11.8. The molecular weight excluding hydrogens is 250 g/mol. The summed E-state index contributed by atoms with van der Waals surface area (Å²) in [5.74, 6) is -0.167. The van der Waals surface area contributed by atoms with Crippen LogP contribution in [-0.4, -0.2) is 12.5 Å². The van der Waals surface area contributed by atoms with Gasteiger partial charge in [-0.1, -0.05) is 30.2 Å². The molecule has 4 heteroatoms. The van der Waals surface area contributed by atoms with Gasteiger partial charge in [-0.3, -0.25) is 4.79 Å². The molecular formula is C14H18ClNO2. The van der Waals surface area contributed by atoms with Crippen LogP contribution < -0.4 is 5.73 Å². The van der Waals surface area contributed by atoms with E-state index in [2.05, 4.69) is 0 Å². The van der Waals surface area contributed by atoms with Gasteiger partial charge in [0.2, 0.25) is 0 Å². The maximum atomic E-state index is 11.8. The normalized spacial score (nSPS) is 17.0. The Morgan fingerprint density at radius 3 is 2.78 bits per heavy atom. The van der Waals surface area contributed by atoms with Gasteiger partial charge < -0.3 is 10.5 Å². The topological polar surface area (TPSA) is 52.3 Å². The summed E-state index contributed by atoms with van der Waals surface area (Å²) in [6.45, 7) is 0.847. The number of hydrogen-bond donors (Lipinski definition) is 1. The summed E-state index contributed by atoms with van der Waals surface area (Å²) >= 11 is 5.86. The van der Waals surface area contributed by atoms with E-state index in [1.165, 1.54) is 6.42 Å². The van der Waals surface area contributed by atoms with Gasteiger partial charge in [0, 0.05) is 5.02 Å². The second-order valence-electron chi connectivity index (χ2n) is 5.03. The second kappa shape index (κ2) is 5.72. The van der Waals surface area contributed by atoms with Crippen LogP contribution in [0.2, 0.25) is 5.02 Å². The molecule has 0 atom stereocenters. The van der Waals surface area contributed by atoms with E-state index in [4.69, 9.17) is 22.1 Å². The number of halogens is 1. The summed E-state index contributed by atoms with van der Waals surface area (Å²) in [5.41, 5.74) is 6.63. The van der Waals surface area contributed by atoms with E-state index in [9.17, 15) is 4.79 Å². The van der Waals surface area contributed by atoms with Crippen LogP contribution in [0.3, 0.4) is 0 Å². The average Bonchev–Trinajstić information content (AvgIpc) is 2.31. The van der Waals surface area contributed by atoms with Crippen LogP contribution in [0.25, 0.3) is 0 Å². The standard InChI is InChI=1S/C14H18ClNO2/c15-12-4-1-3-11(7-12)9-18-13(17)8-14(10-16)5-2-6-14/h1,3-4,7H,2,5-6,8-10,16H2. The van der Waals surface area contributed by atoms with E-state index in [1.807, 2.05) is 12.1 Å². The van der Waals surface area contributed by atoms with Gasteiger partial charge in [-0.05, 0) is 42.5 Å². The highest BCUT2D eigenvalue weighted by Gasteiger charge is 2.38. The first-order chi connectivity index (χ1) is 8.63. The number of nitrogens with two attached hydrogens (primary N) is 1. The first-order valence-electron chi connectivity index (χ1n) is 6.24. The number of benzene rings is 1. The predicted octanol–water partition coefficient (Wildman–Crippen LogP) is 2.90. The Morgan fingerprint density at radius 2 is 2.22 bits per heavy atom. The van der Waals surface area contributed by atoms with Gasteiger partial charge in [-0.2, -0.15) is 0 Å². The van der Waals surface area contributed by atoms with Crippen molar-refractivity contribution in [3.63, 3.8) is 0 Å². The van der Waals surface area contributed by atoms with E-state index in [0.29, 0.717) is 18.0 Å². The Kier molecular flexibility index (Phi) is 4.25. The highest BCUT2D eigenvalue weighted by Crippen LogP contribution is 2.43. The molecule has 1 aliphatic rings. The summed E-state index contributed by atoms with van der Waals surface area (Å²) < 4.78 is 5.26. The molecule has 98 valence electrons. The molecule has 1 aromatic carbocycles. The van der Waals surface area contributed by atoms with Crippen LogP contribution in [0.4, 0.5) is 0 Å². The maximum absolute atomic E-state index is 11.8. The van der Waals surface area contributed by atoms with Crippen molar-refractivity contribution in [1.82, 2.24) is 0 Å². The summed E-state index contributed by atoms with van der Waals surface area (Å²) in [6, 6.07) is 7.33. The third-order valence-electron chi connectivity index (χ3n) is 3.66. The quantitative estimate of drug-likeness (QED) is 0.835. The van der Waals surface area contributed by atoms with Crippen molar-refractivity contribution >= 4 is 17.6 Å². The molecule has 0 amide bonds. The third-order valence-corrected chi connectivity index (χ3v) is 3.89. The average molecular weight is 268 g/mol. The molecule has 1 fully saturated rings. The van der Waals surface area contributed by atoms with Crippen LogP contribution >= 0.6 is 11.6 Å². The highest BCUT2D eigenvalue weighted by molar-refractivity contribution is 6.30. The van der Waals surface area contributed by atoms with Gasteiger partial charge in [-0.25, -0.2) is 0 Å². The zero-order valence-corrected chi connectivity index (χ0v) is 11.1. The van der Waals surface area contributed by atoms with Crippen LogP contribution in [0.1, 0.15) is 31.2 Å². The number of rotatable bonds is 5. The number of ether oxygens (including phenoxy) is 1. The number of carbonyl (C=O) groups excluding carboxylic acids is 1. The number of esters is 1. The van der Waals surface area contributed by atoms with Crippen LogP contribution in [-0.2, 0) is 16.1 Å². The lowest BCUT2D eigenvalue weighted by molar-refractivity contribution is -0.149. The highest BCUT2D eigenvalue weighted by atomic mass is 35.5. The number of carbonyl (C=O) groups is 1. The van der Waals surface area contributed by atoms with Crippen LogP contribution in [0.15, 0.2) is 24.3 Å². The largest absolute Gasteiger partial charge is 0.461 e. The fourth-order valence-electron chi connectivity index (χ4n) is 2.28. The predicted molar refractivity (Wildman–Crippen MR) is 71.2 cm³/mol. The Balaban J connectivity index is 1.81. The Morgan fingerprint density at radius 1 is 1.44 bits per heavy atom. The van der Waals surface area contributed by atoms with Crippen LogP contribution in [0, 0.1) is 5.41 Å². The minimum absolute atomic E-state index is 0.00537. The first-order valence-corrected chi connectivity index (χ1v) is 6.61. The molecule has 2 N–H and O–H groups in total. The minimum Gasteiger partial charge on any atom is -0.461 e. The fraction of sp³-hybridized carbons (Fsp3) is 0.500. The van der Waals surface area contributed by atoms with E-state index in [1.54, 1.807) is 12.1 Å². The van der Waals surface area contributed by atoms with Gasteiger partial charge in [-0.15, -0.1) is 0 Å². The minimum atomic E-state index is -0.167. The molecule has 0 spiro atoms. The molecule has 0 radical (unpaired) electrons. The van der Waals surface area contributed by atoms with Gasteiger partial charge in [0.15, 0.2) is 0 Å². The van der Waals surface area contributed by atoms with Gasteiger partial charge in [0.1, 0.15) is 6.61 Å².